The Hall–Kier alpha value is -1.29. The second-order valence-electron chi connectivity index (χ2n) is 7.74. The summed E-state index contributed by atoms with van der Waals surface area (Å²) in [6.45, 7) is 16.3. The minimum Gasteiger partial charge on any atom is -0.491 e. The van der Waals surface area contributed by atoms with E-state index in [4.69, 9.17) is 9.47 Å². The average molecular weight is 294 g/mol. The lowest BCUT2D eigenvalue weighted by Gasteiger charge is -2.23. The van der Waals surface area contributed by atoms with Crippen molar-refractivity contribution >= 4 is 0 Å². The molecule has 0 spiro atoms. The minimum absolute atomic E-state index is 0.0677. The summed E-state index contributed by atoms with van der Waals surface area (Å²) in [5, 5.41) is 3.41. The van der Waals surface area contributed by atoms with Crippen LogP contribution in [0.15, 0.2) is 18.3 Å². The molecule has 0 bridgehead atoms. The molecule has 1 atom stereocenters. The molecule has 0 aromatic carbocycles. The molecule has 0 unspecified atom stereocenters. The van der Waals surface area contributed by atoms with Crippen LogP contribution in [0.3, 0.4) is 0 Å². The highest BCUT2D eigenvalue weighted by molar-refractivity contribution is 5.23. The maximum Gasteiger partial charge on any atom is 0.213 e. The van der Waals surface area contributed by atoms with Crippen LogP contribution in [-0.2, 0) is 0 Å². The van der Waals surface area contributed by atoms with Gasteiger partial charge in [-0.3, -0.25) is 0 Å². The first-order valence-corrected chi connectivity index (χ1v) is 7.56. The molecular formula is C17H30N2O2. The molecule has 1 aromatic heterocycles. The Bertz CT molecular complexity index is 416. The highest BCUT2D eigenvalue weighted by atomic mass is 16.5. The zero-order valence-corrected chi connectivity index (χ0v) is 14.5. The Morgan fingerprint density at radius 3 is 2.29 bits per heavy atom. The third-order valence-corrected chi connectivity index (χ3v) is 2.62. The van der Waals surface area contributed by atoms with Crippen molar-refractivity contribution in [1.29, 1.82) is 0 Å². The lowest BCUT2D eigenvalue weighted by atomic mass is 9.99. The summed E-state index contributed by atoms with van der Waals surface area (Å²) in [5.41, 5.74) is 0.234. The van der Waals surface area contributed by atoms with Crippen molar-refractivity contribution in [1.82, 2.24) is 10.3 Å². The van der Waals surface area contributed by atoms with Crippen LogP contribution in [0, 0.1) is 5.41 Å². The van der Waals surface area contributed by atoms with Gasteiger partial charge in [0, 0.05) is 18.2 Å². The van der Waals surface area contributed by atoms with Gasteiger partial charge >= 0.3 is 0 Å². The van der Waals surface area contributed by atoms with E-state index in [1.165, 1.54) is 0 Å². The standard InChI is InChI=1S/C17H30N2O2/c1-13(10-19-17(5,6)7)21-15-9-8-14(11-18-15)20-12-16(2,3)4/h8-9,11,13,19H,10,12H2,1-7H3/t13-/m0/s1. The molecular weight excluding hydrogens is 264 g/mol. The number of hydrogen-bond donors (Lipinski definition) is 1. The third-order valence-electron chi connectivity index (χ3n) is 2.62. The van der Waals surface area contributed by atoms with Crippen molar-refractivity contribution in [2.45, 2.75) is 60.1 Å². The zero-order valence-electron chi connectivity index (χ0n) is 14.5. The summed E-state index contributed by atoms with van der Waals surface area (Å²) in [6.07, 6.45) is 1.78. The van der Waals surface area contributed by atoms with Crippen molar-refractivity contribution in [3.8, 4) is 11.6 Å². The molecule has 0 aliphatic heterocycles. The van der Waals surface area contributed by atoms with Gasteiger partial charge in [-0.25, -0.2) is 4.98 Å². The molecule has 21 heavy (non-hydrogen) atoms. The number of hydrogen-bond acceptors (Lipinski definition) is 4. The second-order valence-corrected chi connectivity index (χ2v) is 7.74. The first kappa shape index (κ1) is 17.8. The van der Waals surface area contributed by atoms with Crippen LogP contribution in [0.2, 0.25) is 0 Å². The van der Waals surface area contributed by atoms with Crippen LogP contribution in [0.25, 0.3) is 0 Å². The molecule has 1 heterocycles. The predicted octanol–water partition coefficient (Wildman–Crippen LogP) is 3.66. The number of aromatic nitrogens is 1. The van der Waals surface area contributed by atoms with Crippen LogP contribution in [0.5, 0.6) is 11.6 Å². The number of pyridine rings is 1. The molecule has 0 saturated heterocycles. The molecule has 0 fully saturated rings. The molecule has 120 valence electrons. The number of nitrogens with one attached hydrogen (secondary N) is 1. The van der Waals surface area contributed by atoms with Gasteiger partial charge in [-0.15, -0.1) is 0 Å². The van der Waals surface area contributed by atoms with Gasteiger partial charge in [0.15, 0.2) is 0 Å². The lowest BCUT2D eigenvalue weighted by molar-refractivity contribution is 0.189. The molecule has 0 aliphatic rings. The van der Waals surface area contributed by atoms with E-state index in [0.717, 1.165) is 12.3 Å². The monoisotopic (exact) mass is 294 g/mol. The van der Waals surface area contributed by atoms with Crippen molar-refractivity contribution in [2.75, 3.05) is 13.2 Å². The molecule has 1 rings (SSSR count). The van der Waals surface area contributed by atoms with E-state index in [0.29, 0.717) is 12.5 Å². The van der Waals surface area contributed by atoms with E-state index in [1.807, 2.05) is 19.1 Å². The van der Waals surface area contributed by atoms with E-state index in [2.05, 4.69) is 51.8 Å². The fourth-order valence-electron chi connectivity index (χ4n) is 1.52. The summed E-state index contributed by atoms with van der Waals surface area (Å²) in [4.78, 5) is 4.29. The molecule has 4 nitrogen and oxygen atoms in total. The molecule has 0 saturated carbocycles. The first-order chi connectivity index (χ1) is 9.55. The third kappa shape index (κ3) is 8.56. The smallest absolute Gasteiger partial charge is 0.213 e. The quantitative estimate of drug-likeness (QED) is 0.869. The number of ether oxygens (including phenoxy) is 2. The van der Waals surface area contributed by atoms with Crippen LogP contribution in [0.1, 0.15) is 48.5 Å². The minimum atomic E-state index is 0.0677. The summed E-state index contributed by atoms with van der Waals surface area (Å²) < 4.78 is 11.5. The zero-order chi connectivity index (χ0) is 16.1. The van der Waals surface area contributed by atoms with Crippen molar-refractivity contribution in [3.63, 3.8) is 0 Å². The molecule has 0 radical (unpaired) electrons. The SMILES string of the molecule is C[C@@H](CNC(C)(C)C)Oc1ccc(OCC(C)(C)C)cn1. The average Bonchev–Trinajstić information content (AvgIpc) is 2.34. The Labute approximate surface area is 129 Å². The number of nitrogens with zero attached hydrogens (tertiary/aromatic N) is 1. The highest BCUT2D eigenvalue weighted by Crippen LogP contribution is 2.19. The second kappa shape index (κ2) is 7.12. The van der Waals surface area contributed by atoms with Crippen LogP contribution in [0.4, 0.5) is 0 Å². The van der Waals surface area contributed by atoms with Gasteiger partial charge < -0.3 is 14.8 Å². The van der Waals surface area contributed by atoms with E-state index in [9.17, 15) is 0 Å². The van der Waals surface area contributed by atoms with Crippen molar-refractivity contribution in [2.24, 2.45) is 5.41 Å². The van der Waals surface area contributed by atoms with Crippen LogP contribution >= 0.6 is 0 Å². The summed E-state index contributed by atoms with van der Waals surface area (Å²) in [6, 6.07) is 3.75. The number of rotatable bonds is 6. The van der Waals surface area contributed by atoms with Gasteiger partial charge in [0.1, 0.15) is 11.9 Å². The van der Waals surface area contributed by atoms with Gasteiger partial charge in [0.2, 0.25) is 5.88 Å². The van der Waals surface area contributed by atoms with E-state index >= 15 is 0 Å². The normalized spacial score (nSPS) is 13.9. The Kier molecular flexibility index (Phi) is 6.02. The van der Waals surface area contributed by atoms with Crippen molar-refractivity contribution in [3.05, 3.63) is 18.3 Å². The molecule has 0 aliphatic carbocycles. The highest BCUT2D eigenvalue weighted by Gasteiger charge is 2.13. The largest absolute Gasteiger partial charge is 0.491 e. The van der Waals surface area contributed by atoms with Crippen LogP contribution < -0.4 is 14.8 Å². The maximum absolute atomic E-state index is 5.78. The van der Waals surface area contributed by atoms with Gasteiger partial charge in [0.05, 0.1) is 12.8 Å². The molecule has 4 heteroatoms. The van der Waals surface area contributed by atoms with Gasteiger partial charge in [-0.05, 0) is 39.2 Å². The fourth-order valence-corrected chi connectivity index (χ4v) is 1.52. The van der Waals surface area contributed by atoms with Gasteiger partial charge in [-0.2, -0.15) is 0 Å². The van der Waals surface area contributed by atoms with Gasteiger partial charge in [0.25, 0.3) is 0 Å². The summed E-state index contributed by atoms with van der Waals surface area (Å²) in [7, 11) is 0. The Morgan fingerprint density at radius 2 is 1.81 bits per heavy atom. The molecule has 1 N–H and O–H groups in total. The molecule has 1 aromatic rings. The van der Waals surface area contributed by atoms with Crippen LogP contribution in [-0.4, -0.2) is 29.8 Å². The first-order valence-electron chi connectivity index (χ1n) is 7.56. The van der Waals surface area contributed by atoms with E-state index < -0.39 is 0 Å². The summed E-state index contributed by atoms with van der Waals surface area (Å²) >= 11 is 0. The predicted molar refractivity (Wildman–Crippen MR) is 87.0 cm³/mol. The Morgan fingerprint density at radius 1 is 1.14 bits per heavy atom. The van der Waals surface area contributed by atoms with E-state index in [1.54, 1.807) is 6.20 Å². The van der Waals surface area contributed by atoms with E-state index in [-0.39, 0.29) is 17.1 Å². The summed E-state index contributed by atoms with van der Waals surface area (Å²) in [5.74, 6) is 1.40. The lowest BCUT2D eigenvalue weighted by Crippen LogP contribution is -2.41. The fraction of sp³-hybridized carbons (Fsp3) is 0.706. The van der Waals surface area contributed by atoms with Gasteiger partial charge in [-0.1, -0.05) is 20.8 Å². The topological polar surface area (TPSA) is 43.4 Å². The van der Waals surface area contributed by atoms with Crippen molar-refractivity contribution < 1.29 is 9.47 Å². The maximum atomic E-state index is 5.78. The Balaban J connectivity index is 2.43. The molecule has 0 amide bonds.